The lowest BCUT2D eigenvalue weighted by atomic mass is 10.1. The highest BCUT2D eigenvalue weighted by atomic mass is 35.5. The molecule has 174 valence electrons. The lowest BCUT2D eigenvalue weighted by molar-refractivity contribution is 0.411. The molecule has 1 aromatic heterocycles. The van der Waals surface area contributed by atoms with Gasteiger partial charge in [-0.1, -0.05) is 6.07 Å². The first kappa shape index (κ1) is 25.7. The van der Waals surface area contributed by atoms with Gasteiger partial charge in [-0.15, -0.1) is 12.4 Å². The van der Waals surface area contributed by atoms with Crippen LogP contribution < -0.4 is 9.46 Å². The number of methoxy groups -OCH3 is 1. The lowest BCUT2D eigenvalue weighted by Crippen LogP contribution is -2.21. The molecule has 0 aliphatic carbocycles. The van der Waals surface area contributed by atoms with Crippen molar-refractivity contribution in [2.24, 2.45) is 0 Å². The Morgan fingerprint density at radius 3 is 2.22 bits per heavy atom. The Labute approximate surface area is 189 Å². The lowest BCUT2D eigenvalue weighted by Gasteiger charge is -2.13. The van der Waals surface area contributed by atoms with E-state index in [1.54, 1.807) is 0 Å². The molecule has 0 atom stereocenters. The number of nitrogens with zero attached hydrogens (tertiary/aromatic N) is 1. The summed E-state index contributed by atoms with van der Waals surface area (Å²) in [6.07, 6.45) is 1.94. The molecule has 0 aliphatic rings. The maximum Gasteiger partial charge on any atom is 0.268 e. The smallest absolute Gasteiger partial charge is 0.268 e. The number of sulfonamides is 1. The molecule has 3 aromatic rings. The summed E-state index contributed by atoms with van der Waals surface area (Å²) in [6.45, 7) is -0.372. The van der Waals surface area contributed by atoms with Gasteiger partial charge in [0.25, 0.3) is 10.0 Å². The van der Waals surface area contributed by atoms with Crippen molar-refractivity contribution < 1.29 is 34.7 Å². The van der Waals surface area contributed by atoms with E-state index in [4.69, 9.17) is 4.74 Å². The zero-order chi connectivity index (χ0) is 23.0. The maximum atomic E-state index is 14.6. The van der Waals surface area contributed by atoms with E-state index in [-0.39, 0.29) is 41.5 Å². The van der Waals surface area contributed by atoms with Gasteiger partial charge >= 0.3 is 0 Å². The first-order chi connectivity index (χ1) is 14.4. The van der Waals surface area contributed by atoms with Crippen LogP contribution in [0.1, 0.15) is 5.56 Å². The third-order valence-corrected chi connectivity index (χ3v) is 6.59. The van der Waals surface area contributed by atoms with Gasteiger partial charge in [0, 0.05) is 29.9 Å². The molecule has 0 bridgehead atoms. The minimum atomic E-state index is -4.47. The van der Waals surface area contributed by atoms with Crippen LogP contribution in [-0.4, -0.2) is 34.2 Å². The fourth-order valence-electron chi connectivity index (χ4n) is 2.93. The predicted octanol–water partition coefficient (Wildman–Crippen LogP) is 3.29. The summed E-state index contributed by atoms with van der Waals surface area (Å²) in [5, 5.41) is 0. The Kier molecular flexibility index (Phi) is 7.66. The molecular weight excluding hydrogens is 493 g/mol. The van der Waals surface area contributed by atoms with Crippen LogP contribution in [0.3, 0.4) is 0 Å². The van der Waals surface area contributed by atoms with Gasteiger partial charge in [-0.2, -0.15) is 0 Å². The highest BCUT2D eigenvalue weighted by Gasteiger charge is 2.29. The molecular formula is C19H18ClF3N2O5S2. The number of ether oxygens (including phenoxy) is 1. The molecule has 1 heterocycles. The summed E-state index contributed by atoms with van der Waals surface area (Å²) in [4.78, 5) is -0.434. The quantitative estimate of drug-likeness (QED) is 0.526. The molecule has 7 nitrogen and oxygen atoms in total. The van der Waals surface area contributed by atoms with E-state index in [9.17, 15) is 30.0 Å². The van der Waals surface area contributed by atoms with Crippen LogP contribution in [0.25, 0.3) is 11.3 Å². The molecule has 0 saturated heterocycles. The van der Waals surface area contributed by atoms with Crippen molar-refractivity contribution in [1.82, 2.24) is 8.69 Å². The second-order valence-corrected chi connectivity index (χ2v) is 10.2. The Balaban J connectivity index is 0.00000363. The van der Waals surface area contributed by atoms with Crippen molar-refractivity contribution in [1.29, 1.82) is 0 Å². The van der Waals surface area contributed by atoms with Gasteiger partial charge < -0.3 is 4.74 Å². The van der Waals surface area contributed by atoms with E-state index in [0.29, 0.717) is 10.0 Å². The van der Waals surface area contributed by atoms with Crippen molar-refractivity contribution >= 4 is 32.5 Å². The molecule has 0 spiro atoms. The van der Waals surface area contributed by atoms with E-state index in [1.165, 1.54) is 13.2 Å². The van der Waals surface area contributed by atoms with Crippen LogP contribution in [-0.2, 0) is 26.6 Å². The fourth-order valence-corrected chi connectivity index (χ4v) is 4.78. The van der Waals surface area contributed by atoms with E-state index in [1.807, 2.05) is 0 Å². The van der Waals surface area contributed by atoms with Gasteiger partial charge in [0.1, 0.15) is 28.9 Å². The summed E-state index contributed by atoms with van der Waals surface area (Å²) >= 11 is 0. The average molecular weight is 511 g/mol. The standard InChI is InChI=1S/C19H17F3N2O5S2.ClH/c1-29-19-12(10-23-30(2,25)26)11-24(18(19)16-7-6-14(21)9-17(16)22)31(27,28)15-5-3-4-13(20)8-15;/h3-9,11,23H,10H2,1-2H3;1H. The molecule has 32 heavy (non-hydrogen) atoms. The Bertz CT molecular complexity index is 1360. The number of rotatable bonds is 7. The maximum absolute atomic E-state index is 14.6. The molecule has 0 unspecified atom stereocenters. The molecule has 0 amide bonds. The van der Waals surface area contributed by atoms with Gasteiger partial charge in [0.2, 0.25) is 10.0 Å². The molecule has 0 aliphatic heterocycles. The average Bonchev–Trinajstić information content (AvgIpc) is 3.05. The molecule has 3 rings (SSSR count). The normalized spacial score (nSPS) is 11.8. The predicted molar refractivity (Wildman–Crippen MR) is 114 cm³/mol. The summed E-state index contributed by atoms with van der Waals surface area (Å²) in [6, 6.07) is 6.68. The van der Waals surface area contributed by atoms with Crippen molar-refractivity contribution in [3.63, 3.8) is 0 Å². The summed E-state index contributed by atoms with van der Waals surface area (Å²) in [5.74, 6) is -2.92. The van der Waals surface area contributed by atoms with Gasteiger partial charge in [-0.3, -0.25) is 0 Å². The van der Waals surface area contributed by atoms with Crippen LogP contribution >= 0.6 is 12.4 Å². The largest absolute Gasteiger partial charge is 0.494 e. The molecule has 0 fully saturated rings. The zero-order valence-electron chi connectivity index (χ0n) is 16.7. The van der Waals surface area contributed by atoms with Crippen molar-refractivity contribution in [3.05, 3.63) is 71.7 Å². The number of hydrogen-bond donors (Lipinski definition) is 1. The summed E-state index contributed by atoms with van der Waals surface area (Å²) in [5.41, 5.74) is -0.565. The van der Waals surface area contributed by atoms with E-state index >= 15 is 0 Å². The number of aromatic nitrogens is 1. The molecule has 2 aromatic carbocycles. The van der Waals surface area contributed by atoms with Crippen molar-refractivity contribution in [2.75, 3.05) is 13.4 Å². The minimum Gasteiger partial charge on any atom is -0.494 e. The highest BCUT2D eigenvalue weighted by molar-refractivity contribution is 7.90. The van der Waals surface area contributed by atoms with Crippen molar-refractivity contribution in [3.8, 4) is 17.0 Å². The SMILES string of the molecule is COc1c(CNS(C)(=O)=O)cn(S(=O)(=O)c2cccc(F)c2)c1-c1ccc(F)cc1F.Cl. The van der Waals surface area contributed by atoms with Gasteiger partial charge in [0.15, 0.2) is 0 Å². The van der Waals surface area contributed by atoms with Gasteiger partial charge in [-0.05, 0) is 30.3 Å². The van der Waals surface area contributed by atoms with Crippen LogP contribution in [0.2, 0.25) is 0 Å². The first-order valence-electron chi connectivity index (χ1n) is 8.63. The molecule has 13 heteroatoms. The second kappa shape index (κ2) is 9.53. The first-order valence-corrected chi connectivity index (χ1v) is 12.0. The van der Waals surface area contributed by atoms with Crippen molar-refractivity contribution in [2.45, 2.75) is 11.4 Å². The second-order valence-electron chi connectivity index (χ2n) is 6.51. The Morgan fingerprint density at radius 1 is 1.00 bits per heavy atom. The molecule has 0 radical (unpaired) electrons. The zero-order valence-corrected chi connectivity index (χ0v) is 19.1. The topological polar surface area (TPSA) is 94.5 Å². The molecule has 0 saturated carbocycles. The molecule has 1 N–H and O–H groups in total. The Morgan fingerprint density at radius 2 is 1.66 bits per heavy atom. The van der Waals surface area contributed by atoms with Crippen LogP contribution in [0.5, 0.6) is 5.75 Å². The van der Waals surface area contributed by atoms with E-state index < -0.39 is 42.4 Å². The van der Waals surface area contributed by atoms with Crippen LogP contribution in [0, 0.1) is 17.5 Å². The monoisotopic (exact) mass is 510 g/mol. The highest BCUT2D eigenvalue weighted by Crippen LogP contribution is 2.39. The number of hydrogen-bond acceptors (Lipinski definition) is 5. The van der Waals surface area contributed by atoms with Gasteiger partial charge in [0.05, 0.1) is 18.3 Å². The minimum absolute atomic E-state index is 0. The van der Waals surface area contributed by atoms with Crippen LogP contribution in [0.15, 0.2) is 53.6 Å². The van der Waals surface area contributed by atoms with E-state index in [0.717, 1.165) is 42.8 Å². The fraction of sp³-hybridized carbons (Fsp3) is 0.158. The van der Waals surface area contributed by atoms with E-state index in [2.05, 4.69) is 4.72 Å². The summed E-state index contributed by atoms with van der Waals surface area (Å²) < 4.78 is 99.3. The third kappa shape index (κ3) is 5.26. The van der Waals surface area contributed by atoms with Crippen LogP contribution in [0.4, 0.5) is 13.2 Å². The third-order valence-electron chi connectivity index (χ3n) is 4.27. The van der Waals surface area contributed by atoms with Gasteiger partial charge in [-0.25, -0.2) is 38.7 Å². The number of nitrogens with one attached hydrogen (secondary N) is 1. The summed E-state index contributed by atoms with van der Waals surface area (Å²) in [7, 11) is -6.95. The number of benzene rings is 2. The Hall–Kier alpha value is -2.54. The number of halogens is 4.